The zero-order valence-electron chi connectivity index (χ0n) is 43.0. The van der Waals surface area contributed by atoms with Crippen LogP contribution in [-0.4, -0.2) is 6.85 Å². The molecule has 354 valence electrons. The van der Waals surface area contributed by atoms with Gasteiger partial charge < -0.3 is 18.5 Å². The second-order valence-electron chi connectivity index (χ2n) is 24.4. The standard InChI is InChI=1S/C66H59BN2O2S/c1-63(2,3)40-20-23-42(24-21-40)69-54-37-58-46(47-34-50-51(35-57(47)70-58)66(9,10)28-27-65(50,7)8)32-45(54)48-33-49-43-18-14-15-19-56(43)71-62(49)61-60(48)67(69)52-36-59-39(26-29-72-59)30-55(52)68(61)53-25-22-41(64(4,5)6)31-44(53)38-16-12-11-13-17-38/h11-26,29-37H,27-28H2,1-10H3. The number of rotatable bonds is 3. The highest BCUT2D eigenvalue weighted by atomic mass is 32.1. The van der Waals surface area contributed by atoms with E-state index in [2.05, 4.69) is 230 Å². The van der Waals surface area contributed by atoms with Crippen LogP contribution in [0.25, 0.3) is 76.2 Å². The Balaban J connectivity index is 1.15. The summed E-state index contributed by atoms with van der Waals surface area (Å²) in [7, 11) is 0. The van der Waals surface area contributed by atoms with Crippen LogP contribution in [0.15, 0.2) is 160 Å². The van der Waals surface area contributed by atoms with Crippen molar-refractivity contribution in [2.45, 2.75) is 104 Å². The Kier molecular flexibility index (Phi) is 8.99. The second kappa shape index (κ2) is 14.8. The van der Waals surface area contributed by atoms with Crippen molar-refractivity contribution in [2.24, 2.45) is 0 Å². The lowest BCUT2D eigenvalue weighted by Gasteiger charge is -2.46. The van der Waals surface area contributed by atoms with Crippen LogP contribution in [0.3, 0.4) is 0 Å². The molecule has 0 N–H and O–H groups in total. The average molecular weight is 955 g/mol. The molecule has 4 nitrogen and oxygen atoms in total. The lowest BCUT2D eigenvalue weighted by molar-refractivity contribution is 0.332. The normalized spacial score (nSPS) is 15.9. The molecule has 8 aromatic carbocycles. The highest BCUT2D eigenvalue weighted by Crippen LogP contribution is 2.55. The number of anilines is 5. The predicted molar refractivity (Wildman–Crippen MR) is 308 cm³/mol. The highest BCUT2D eigenvalue weighted by Gasteiger charge is 2.48. The van der Waals surface area contributed by atoms with Crippen molar-refractivity contribution in [1.29, 1.82) is 0 Å². The van der Waals surface area contributed by atoms with Crippen LogP contribution in [0.5, 0.6) is 0 Å². The van der Waals surface area contributed by atoms with Gasteiger partial charge in [0.1, 0.15) is 16.7 Å². The lowest BCUT2D eigenvalue weighted by atomic mass is 9.43. The van der Waals surface area contributed by atoms with E-state index in [4.69, 9.17) is 8.83 Å². The molecule has 0 spiro atoms. The van der Waals surface area contributed by atoms with Gasteiger partial charge in [0.25, 0.3) is 0 Å². The summed E-state index contributed by atoms with van der Waals surface area (Å²) in [5.41, 5.74) is 22.0. The van der Waals surface area contributed by atoms with E-state index in [0.717, 1.165) is 79.8 Å². The molecule has 6 heteroatoms. The van der Waals surface area contributed by atoms with Crippen LogP contribution in [0.1, 0.15) is 104 Å². The summed E-state index contributed by atoms with van der Waals surface area (Å²) in [4.78, 5) is 5.21. The van der Waals surface area contributed by atoms with Gasteiger partial charge in [-0.15, -0.1) is 11.3 Å². The van der Waals surface area contributed by atoms with Gasteiger partial charge in [-0.3, -0.25) is 0 Å². The van der Waals surface area contributed by atoms with Crippen molar-refractivity contribution in [2.75, 3.05) is 9.71 Å². The zero-order chi connectivity index (χ0) is 49.4. The van der Waals surface area contributed by atoms with Gasteiger partial charge in [0.2, 0.25) is 0 Å². The molecule has 0 atom stereocenters. The molecule has 0 radical (unpaired) electrons. The number of fused-ring (bicyclic) bond motifs is 13. The third-order valence-corrected chi connectivity index (χ3v) is 17.8. The summed E-state index contributed by atoms with van der Waals surface area (Å²) in [6.07, 6.45) is 2.30. The Morgan fingerprint density at radius 2 is 1.19 bits per heavy atom. The maximum atomic E-state index is 7.30. The van der Waals surface area contributed by atoms with Crippen LogP contribution in [0, 0.1) is 0 Å². The SMILES string of the molecule is CC(C)(C)c1ccc(N2B3c4cc5sccc5cc4N(c4ccc(C(C)(C)C)cc4-c4ccccc4)c4c3c(cc3c4oc4ccccc43)-c3cc4c(cc32)oc2cc3c(cc24)C(C)(C)CCC3(C)C)cc1. The Morgan fingerprint density at radius 1 is 0.528 bits per heavy atom. The minimum atomic E-state index is -0.219. The fourth-order valence-electron chi connectivity index (χ4n) is 12.7. The molecule has 2 aliphatic heterocycles. The van der Waals surface area contributed by atoms with Gasteiger partial charge in [-0.25, -0.2) is 0 Å². The Morgan fingerprint density at radius 3 is 1.94 bits per heavy atom. The maximum absolute atomic E-state index is 7.30. The summed E-state index contributed by atoms with van der Waals surface area (Å²) < 4.78 is 15.7. The highest BCUT2D eigenvalue weighted by molar-refractivity contribution is 7.17. The fraction of sp³-hybridized carbons (Fsp3) is 0.242. The van der Waals surface area contributed by atoms with Crippen LogP contribution < -0.4 is 20.6 Å². The molecule has 0 saturated carbocycles. The third-order valence-electron chi connectivity index (χ3n) is 16.9. The second-order valence-corrected chi connectivity index (χ2v) is 25.4. The summed E-state index contributed by atoms with van der Waals surface area (Å²) in [6, 6.07) is 55.5. The van der Waals surface area contributed by atoms with Gasteiger partial charge >= 0.3 is 6.85 Å². The molecule has 0 saturated heterocycles. The maximum Gasteiger partial charge on any atom is 0.333 e. The van der Waals surface area contributed by atoms with Gasteiger partial charge in [-0.1, -0.05) is 136 Å². The largest absolute Gasteiger partial charge is 0.456 e. The first-order valence-electron chi connectivity index (χ1n) is 25.9. The van der Waals surface area contributed by atoms with E-state index in [9.17, 15) is 0 Å². The van der Waals surface area contributed by atoms with E-state index in [1.165, 1.54) is 70.9 Å². The molecule has 3 aliphatic rings. The first-order chi connectivity index (χ1) is 34.4. The third kappa shape index (κ3) is 6.30. The summed E-state index contributed by atoms with van der Waals surface area (Å²) in [5, 5.41) is 8.02. The van der Waals surface area contributed by atoms with Crippen LogP contribution >= 0.6 is 11.3 Å². The molecular weight excluding hydrogens is 896 g/mol. The van der Waals surface area contributed by atoms with Crippen LogP contribution in [0.2, 0.25) is 0 Å². The molecule has 0 amide bonds. The van der Waals surface area contributed by atoms with Crippen LogP contribution in [0.4, 0.5) is 28.4 Å². The number of thiophene rings is 1. The van der Waals surface area contributed by atoms with E-state index in [0.29, 0.717) is 0 Å². The van der Waals surface area contributed by atoms with Crippen molar-refractivity contribution in [3.05, 3.63) is 173 Å². The Labute approximate surface area is 427 Å². The van der Waals surface area contributed by atoms with Crippen molar-refractivity contribution in [3.8, 4) is 22.3 Å². The number of furan rings is 2. The topological polar surface area (TPSA) is 32.8 Å². The van der Waals surface area contributed by atoms with Gasteiger partial charge in [-0.05, 0) is 162 Å². The minimum Gasteiger partial charge on any atom is -0.456 e. The molecule has 3 aromatic heterocycles. The van der Waals surface area contributed by atoms with Gasteiger partial charge in [0, 0.05) is 60.5 Å². The number of hydrogen-bond acceptors (Lipinski definition) is 5. The van der Waals surface area contributed by atoms with E-state index < -0.39 is 0 Å². The first kappa shape index (κ1) is 43.7. The predicted octanol–water partition coefficient (Wildman–Crippen LogP) is 18.0. The molecular formula is C66H59BN2O2S. The van der Waals surface area contributed by atoms with Gasteiger partial charge in [0.15, 0.2) is 5.58 Å². The fourth-order valence-corrected chi connectivity index (χ4v) is 13.5. The summed E-state index contributed by atoms with van der Waals surface area (Å²) in [6.45, 7) is 23.3. The molecule has 5 heterocycles. The van der Waals surface area contributed by atoms with Crippen molar-refractivity contribution in [1.82, 2.24) is 0 Å². The molecule has 11 aromatic rings. The van der Waals surface area contributed by atoms with E-state index in [1.54, 1.807) is 0 Å². The number of nitrogens with zero attached hydrogens (tertiary/aromatic N) is 2. The summed E-state index contributed by atoms with van der Waals surface area (Å²) in [5.74, 6) is 0. The molecule has 0 fully saturated rings. The van der Waals surface area contributed by atoms with Crippen molar-refractivity contribution < 1.29 is 8.83 Å². The molecule has 72 heavy (non-hydrogen) atoms. The zero-order valence-corrected chi connectivity index (χ0v) is 43.9. The van der Waals surface area contributed by atoms with Crippen LogP contribution in [-0.2, 0) is 21.7 Å². The quantitative estimate of drug-likeness (QED) is 0.165. The monoisotopic (exact) mass is 954 g/mol. The number of para-hydroxylation sites is 1. The number of hydrogen-bond donors (Lipinski definition) is 0. The van der Waals surface area contributed by atoms with Gasteiger partial charge in [0.05, 0.1) is 11.4 Å². The Bertz CT molecular complexity index is 4080. The van der Waals surface area contributed by atoms with Crippen molar-refractivity contribution in [3.63, 3.8) is 0 Å². The number of benzene rings is 8. The molecule has 0 bridgehead atoms. The molecule has 14 rings (SSSR count). The van der Waals surface area contributed by atoms with E-state index in [1.807, 2.05) is 11.3 Å². The van der Waals surface area contributed by atoms with Crippen molar-refractivity contribution >= 4 is 112 Å². The first-order valence-corrected chi connectivity index (χ1v) is 26.8. The minimum absolute atomic E-state index is 0.00451. The van der Waals surface area contributed by atoms with Gasteiger partial charge in [-0.2, -0.15) is 0 Å². The molecule has 1 aliphatic carbocycles. The smallest absolute Gasteiger partial charge is 0.333 e. The van der Waals surface area contributed by atoms with E-state index in [-0.39, 0.29) is 28.5 Å². The average Bonchev–Trinajstić information content (AvgIpc) is 4.08. The Hall–Kier alpha value is -7.02. The van der Waals surface area contributed by atoms with E-state index >= 15 is 0 Å². The lowest BCUT2D eigenvalue weighted by Crippen LogP contribution is -2.61. The molecule has 0 unspecified atom stereocenters. The summed E-state index contributed by atoms with van der Waals surface area (Å²) >= 11 is 1.81.